The third kappa shape index (κ3) is 3.87. The van der Waals surface area contributed by atoms with E-state index in [0.29, 0.717) is 0 Å². The zero-order valence-corrected chi connectivity index (χ0v) is 28.9. The van der Waals surface area contributed by atoms with Gasteiger partial charge in [-0.2, -0.15) is 0 Å². The van der Waals surface area contributed by atoms with Crippen LogP contribution in [0.15, 0.2) is 194 Å². The summed E-state index contributed by atoms with van der Waals surface area (Å²) in [5.74, 6) is 0. The van der Waals surface area contributed by atoms with Crippen molar-refractivity contribution in [2.45, 2.75) is 0 Å². The van der Waals surface area contributed by atoms with Crippen LogP contribution in [0.5, 0.6) is 0 Å². The zero-order valence-electron chi connectivity index (χ0n) is 27.9. The molecule has 3 heteroatoms. The Morgan fingerprint density at radius 3 is 1.39 bits per heavy atom. The average Bonchev–Trinajstić information content (AvgIpc) is 3.81. The first kappa shape index (κ1) is 28.4. The van der Waals surface area contributed by atoms with Crippen LogP contribution >= 0.6 is 0 Å². The highest BCUT2D eigenvalue weighted by molar-refractivity contribution is 7.22. The van der Waals surface area contributed by atoms with Gasteiger partial charge in [-0.3, -0.25) is 0 Å². The molecule has 0 saturated heterocycles. The van der Waals surface area contributed by atoms with Gasteiger partial charge in [-0.15, -0.1) is 0 Å². The number of fused-ring (bicyclic) bond motifs is 9. The van der Waals surface area contributed by atoms with Crippen LogP contribution in [0.3, 0.4) is 0 Å². The Bertz CT molecular complexity index is 2910. The highest BCUT2D eigenvalue weighted by Gasteiger charge is 2.48. The number of para-hydroxylation sites is 3. The minimum Gasteiger partial charge on any atom is -0.309 e. The fraction of sp³-hybridized carbons (Fsp3) is 0. The van der Waals surface area contributed by atoms with Crippen LogP contribution in [0.1, 0.15) is 0 Å². The van der Waals surface area contributed by atoms with Crippen molar-refractivity contribution in [3.63, 3.8) is 0 Å². The first-order valence-corrected chi connectivity index (χ1v) is 19.7. The van der Waals surface area contributed by atoms with E-state index in [-0.39, 0.29) is 0 Å². The topological polar surface area (TPSA) is 9.86 Å². The van der Waals surface area contributed by atoms with Gasteiger partial charge in [0.15, 0.2) is 8.07 Å². The summed E-state index contributed by atoms with van der Waals surface area (Å²) in [6.07, 6.45) is 0. The van der Waals surface area contributed by atoms with Gasteiger partial charge in [0.05, 0.1) is 22.1 Å². The standard InChI is InChI=1S/C48H32N2Si/c1-4-16-33(17-5-1)49-43-25-13-10-22-37(43)41-31-42-40-30-36(28-29-44(40)50(46(42)32-45(41)49)34-18-6-2-7-19-34)51(35-20-8-3-9-21-35)47-26-14-11-23-38(47)39-24-12-15-27-48(39)51/h1-32H. The van der Waals surface area contributed by atoms with E-state index in [2.05, 4.69) is 203 Å². The van der Waals surface area contributed by atoms with E-state index in [1.54, 1.807) is 0 Å². The van der Waals surface area contributed by atoms with E-state index in [1.165, 1.54) is 86.9 Å². The predicted octanol–water partition coefficient (Wildman–Crippen LogP) is 9.24. The Hall–Kier alpha value is -6.42. The van der Waals surface area contributed by atoms with Crippen LogP contribution in [0, 0.1) is 0 Å². The molecular formula is C48H32N2Si. The largest absolute Gasteiger partial charge is 0.309 e. The van der Waals surface area contributed by atoms with Crippen molar-refractivity contribution in [3.8, 4) is 22.5 Å². The molecule has 0 radical (unpaired) electrons. The van der Waals surface area contributed by atoms with Gasteiger partial charge in [0, 0.05) is 32.9 Å². The lowest BCUT2D eigenvalue weighted by Gasteiger charge is -2.31. The summed E-state index contributed by atoms with van der Waals surface area (Å²) >= 11 is 0. The van der Waals surface area contributed by atoms with E-state index < -0.39 is 8.07 Å². The summed E-state index contributed by atoms with van der Waals surface area (Å²) in [4.78, 5) is 0. The molecule has 0 unspecified atom stereocenters. The van der Waals surface area contributed by atoms with Crippen molar-refractivity contribution in [3.05, 3.63) is 194 Å². The second-order valence-corrected chi connectivity index (χ2v) is 17.4. The molecule has 0 fully saturated rings. The number of nitrogens with zero attached hydrogens (tertiary/aromatic N) is 2. The maximum Gasteiger partial charge on any atom is 0.180 e. The first-order valence-electron chi connectivity index (χ1n) is 17.7. The van der Waals surface area contributed by atoms with Crippen LogP contribution in [-0.4, -0.2) is 17.2 Å². The minimum absolute atomic E-state index is 1.17. The normalized spacial score (nSPS) is 13.3. The lowest BCUT2D eigenvalue weighted by atomic mass is 10.1. The Labute approximate surface area is 297 Å². The molecule has 10 aromatic rings. The van der Waals surface area contributed by atoms with Crippen LogP contribution in [-0.2, 0) is 0 Å². The summed E-state index contributed by atoms with van der Waals surface area (Å²) in [6.45, 7) is 0. The smallest absolute Gasteiger partial charge is 0.180 e. The molecule has 8 aromatic carbocycles. The molecule has 0 bridgehead atoms. The van der Waals surface area contributed by atoms with E-state index in [9.17, 15) is 0 Å². The van der Waals surface area contributed by atoms with Crippen LogP contribution < -0.4 is 20.7 Å². The molecule has 0 aliphatic carbocycles. The molecule has 0 N–H and O–H groups in total. The Balaban J connectivity index is 1.29. The Morgan fingerprint density at radius 1 is 0.294 bits per heavy atom. The molecule has 2 aromatic heterocycles. The van der Waals surface area contributed by atoms with Crippen molar-refractivity contribution in [2.75, 3.05) is 0 Å². The SMILES string of the molecule is c1ccc(-n2c3ccccc3c3cc4c5cc([Si]6(c7ccccc7)c7ccccc7-c7ccccc76)ccc5n(-c5ccccc5)c4cc32)cc1. The summed E-state index contributed by atoms with van der Waals surface area (Å²) in [6, 6.07) is 72.3. The summed E-state index contributed by atoms with van der Waals surface area (Å²) in [7, 11) is -2.65. The molecule has 51 heavy (non-hydrogen) atoms. The van der Waals surface area contributed by atoms with Gasteiger partial charge in [-0.05, 0) is 80.4 Å². The molecule has 0 saturated carbocycles. The molecule has 1 aliphatic rings. The second kappa shape index (κ2) is 10.8. The monoisotopic (exact) mass is 664 g/mol. The molecule has 11 rings (SSSR count). The predicted molar refractivity (Wildman–Crippen MR) is 218 cm³/mol. The van der Waals surface area contributed by atoms with Gasteiger partial charge < -0.3 is 9.13 Å². The Morgan fingerprint density at radius 2 is 0.765 bits per heavy atom. The quantitative estimate of drug-likeness (QED) is 0.166. The average molecular weight is 665 g/mol. The zero-order chi connectivity index (χ0) is 33.5. The van der Waals surface area contributed by atoms with Crippen molar-refractivity contribution < 1.29 is 0 Å². The lowest BCUT2D eigenvalue weighted by Crippen LogP contribution is -2.72. The molecule has 0 spiro atoms. The second-order valence-electron chi connectivity index (χ2n) is 13.7. The van der Waals surface area contributed by atoms with Crippen molar-refractivity contribution >= 4 is 72.4 Å². The molecule has 0 atom stereocenters. The van der Waals surface area contributed by atoms with Gasteiger partial charge in [-0.1, -0.05) is 146 Å². The number of hydrogen-bond acceptors (Lipinski definition) is 0. The van der Waals surface area contributed by atoms with Gasteiger partial charge in [0.1, 0.15) is 0 Å². The van der Waals surface area contributed by atoms with E-state index >= 15 is 0 Å². The maximum absolute atomic E-state index is 2.65. The fourth-order valence-electron chi connectivity index (χ4n) is 9.14. The number of benzene rings is 8. The van der Waals surface area contributed by atoms with Crippen molar-refractivity contribution in [1.29, 1.82) is 0 Å². The van der Waals surface area contributed by atoms with Crippen LogP contribution in [0.4, 0.5) is 0 Å². The van der Waals surface area contributed by atoms with Gasteiger partial charge in [0.2, 0.25) is 0 Å². The highest BCUT2D eigenvalue weighted by Crippen LogP contribution is 2.40. The lowest BCUT2D eigenvalue weighted by molar-refractivity contribution is 1.16. The Kier molecular flexibility index (Phi) is 6.01. The summed E-state index contributed by atoms with van der Waals surface area (Å²) in [5.41, 5.74) is 9.93. The van der Waals surface area contributed by atoms with E-state index in [4.69, 9.17) is 0 Å². The minimum atomic E-state index is -2.65. The third-order valence-electron chi connectivity index (χ3n) is 11.2. The molecule has 238 valence electrons. The number of hydrogen-bond donors (Lipinski definition) is 0. The highest BCUT2D eigenvalue weighted by atomic mass is 28.3. The molecule has 3 heterocycles. The fourth-order valence-corrected chi connectivity index (χ4v) is 14.3. The molecule has 2 nitrogen and oxygen atoms in total. The van der Waals surface area contributed by atoms with Crippen molar-refractivity contribution in [2.24, 2.45) is 0 Å². The van der Waals surface area contributed by atoms with Crippen LogP contribution in [0.2, 0.25) is 0 Å². The number of rotatable bonds is 4. The van der Waals surface area contributed by atoms with E-state index in [1.807, 2.05) is 0 Å². The molecule has 1 aliphatic heterocycles. The van der Waals surface area contributed by atoms with Gasteiger partial charge in [0.25, 0.3) is 0 Å². The summed E-state index contributed by atoms with van der Waals surface area (Å²) < 4.78 is 4.89. The van der Waals surface area contributed by atoms with Crippen LogP contribution in [0.25, 0.3) is 66.1 Å². The summed E-state index contributed by atoms with van der Waals surface area (Å²) in [5, 5.41) is 10.9. The van der Waals surface area contributed by atoms with Gasteiger partial charge in [-0.25, -0.2) is 0 Å². The van der Waals surface area contributed by atoms with E-state index in [0.717, 1.165) is 0 Å². The number of aromatic nitrogens is 2. The van der Waals surface area contributed by atoms with Crippen molar-refractivity contribution in [1.82, 2.24) is 9.13 Å². The molecular weight excluding hydrogens is 633 g/mol. The first-order chi connectivity index (χ1) is 25.3. The molecule has 0 amide bonds. The third-order valence-corrected chi connectivity index (χ3v) is 16.0. The maximum atomic E-state index is 2.55. The van der Waals surface area contributed by atoms with Gasteiger partial charge >= 0.3 is 0 Å².